The number of benzene rings is 1. The van der Waals surface area contributed by atoms with Gasteiger partial charge in [0.25, 0.3) is 0 Å². The van der Waals surface area contributed by atoms with Gasteiger partial charge in [0.1, 0.15) is 12.4 Å². The molecular weight excluding hydrogens is 240 g/mol. The highest BCUT2D eigenvalue weighted by Gasteiger charge is 2.35. The third-order valence-corrected chi connectivity index (χ3v) is 3.38. The molecule has 0 saturated heterocycles. The quantitative estimate of drug-likeness (QED) is 0.762. The fourth-order valence-electron chi connectivity index (χ4n) is 2.34. The number of hydrogen-bond acceptors (Lipinski definition) is 2. The number of carboxylic acids is 1. The van der Waals surface area contributed by atoms with Gasteiger partial charge in [-0.2, -0.15) is 0 Å². The van der Waals surface area contributed by atoms with Crippen LogP contribution in [-0.4, -0.2) is 17.7 Å². The summed E-state index contributed by atoms with van der Waals surface area (Å²) >= 11 is 0. The van der Waals surface area contributed by atoms with E-state index in [2.05, 4.69) is 6.58 Å². The molecule has 3 nitrogen and oxygen atoms in total. The van der Waals surface area contributed by atoms with Crippen LogP contribution in [0.2, 0.25) is 0 Å². The Bertz CT molecular complexity index is 475. The second kappa shape index (κ2) is 5.91. The lowest BCUT2D eigenvalue weighted by atomic mass is 9.90. The van der Waals surface area contributed by atoms with Crippen molar-refractivity contribution in [2.75, 3.05) is 6.61 Å². The predicted molar refractivity (Wildman–Crippen MR) is 74.5 cm³/mol. The van der Waals surface area contributed by atoms with E-state index in [1.807, 2.05) is 31.2 Å². The monoisotopic (exact) mass is 260 g/mol. The van der Waals surface area contributed by atoms with Gasteiger partial charge < -0.3 is 9.84 Å². The molecule has 1 saturated carbocycles. The average Bonchev–Trinajstić information content (AvgIpc) is 3.18. The molecule has 1 aromatic rings. The fraction of sp³-hybridized carbons (Fsp3) is 0.438. The maximum atomic E-state index is 11.0. The third-order valence-electron chi connectivity index (χ3n) is 3.38. The fourth-order valence-corrected chi connectivity index (χ4v) is 2.34. The van der Waals surface area contributed by atoms with Crippen molar-refractivity contribution in [3.63, 3.8) is 0 Å². The summed E-state index contributed by atoms with van der Waals surface area (Å²) in [5.74, 6) is 0.611. The van der Waals surface area contributed by atoms with Gasteiger partial charge >= 0.3 is 5.97 Å². The van der Waals surface area contributed by atoms with Gasteiger partial charge in [0.05, 0.1) is 6.42 Å². The van der Waals surface area contributed by atoms with Crippen LogP contribution in [0.3, 0.4) is 0 Å². The van der Waals surface area contributed by atoms with Crippen LogP contribution < -0.4 is 4.74 Å². The van der Waals surface area contributed by atoms with Gasteiger partial charge in [-0.15, -0.1) is 0 Å². The molecule has 1 N–H and O–H groups in total. The Kier molecular flexibility index (Phi) is 4.25. The second-order valence-corrected chi connectivity index (χ2v) is 5.33. The van der Waals surface area contributed by atoms with E-state index in [0.29, 0.717) is 12.5 Å². The normalized spacial score (nSPS) is 15.8. The molecule has 1 atom stereocenters. The van der Waals surface area contributed by atoms with Crippen LogP contribution in [0.15, 0.2) is 36.4 Å². The van der Waals surface area contributed by atoms with Crippen LogP contribution >= 0.6 is 0 Å². The Labute approximate surface area is 113 Å². The number of ether oxygens (including phenoxy) is 1. The van der Waals surface area contributed by atoms with Gasteiger partial charge in [0.2, 0.25) is 0 Å². The molecule has 0 aliphatic heterocycles. The van der Waals surface area contributed by atoms with Crippen molar-refractivity contribution in [1.82, 2.24) is 0 Å². The van der Waals surface area contributed by atoms with Crippen molar-refractivity contribution in [2.45, 2.75) is 32.1 Å². The van der Waals surface area contributed by atoms with Crippen molar-refractivity contribution in [3.8, 4) is 5.75 Å². The number of carboxylic acid groups (broad SMARTS) is 1. The summed E-state index contributed by atoms with van der Waals surface area (Å²) in [6, 6.07) is 7.76. The average molecular weight is 260 g/mol. The largest absolute Gasteiger partial charge is 0.489 e. The van der Waals surface area contributed by atoms with Crippen molar-refractivity contribution < 1.29 is 14.6 Å². The first kappa shape index (κ1) is 13.7. The van der Waals surface area contributed by atoms with E-state index >= 15 is 0 Å². The Morgan fingerprint density at radius 3 is 2.74 bits per heavy atom. The summed E-state index contributed by atoms with van der Waals surface area (Å²) < 4.78 is 5.75. The molecule has 0 spiro atoms. The lowest BCUT2D eigenvalue weighted by Gasteiger charge is -2.19. The zero-order valence-corrected chi connectivity index (χ0v) is 11.3. The van der Waals surface area contributed by atoms with E-state index in [9.17, 15) is 4.79 Å². The topological polar surface area (TPSA) is 46.5 Å². The second-order valence-electron chi connectivity index (χ2n) is 5.33. The standard InChI is InChI=1S/C16H20O3/c1-11(2)10-19-15-6-4-3-5-13(15)14(9-16(17)18)12-7-8-12/h3-6,12,14H,1,7-10H2,2H3,(H,17,18). The SMILES string of the molecule is C=C(C)COc1ccccc1C(CC(=O)O)C1CC1. The third kappa shape index (κ3) is 3.85. The molecule has 1 unspecified atom stereocenters. The minimum atomic E-state index is -0.744. The Hall–Kier alpha value is -1.77. The van der Waals surface area contributed by atoms with Gasteiger partial charge in [0.15, 0.2) is 0 Å². The predicted octanol–water partition coefficient (Wildman–Crippen LogP) is 3.61. The molecule has 19 heavy (non-hydrogen) atoms. The number of rotatable bonds is 7. The summed E-state index contributed by atoms with van der Waals surface area (Å²) in [4.78, 5) is 11.0. The molecule has 1 aliphatic carbocycles. The molecule has 1 aromatic carbocycles. The Balaban J connectivity index is 2.20. The van der Waals surface area contributed by atoms with Crippen LogP contribution in [0.1, 0.15) is 37.7 Å². The first-order valence-corrected chi connectivity index (χ1v) is 6.66. The van der Waals surface area contributed by atoms with Gasteiger partial charge in [-0.1, -0.05) is 24.8 Å². The molecule has 3 heteroatoms. The maximum absolute atomic E-state index is 11.0. The molecule has 0 heterocycles. The first-order valence-electron chi connectivity index (χ1n) is 6.66. The Morgan fingerprint density at radius 2 is 2.16 bits per heavy atom. The summed E-state index contributed by atoms with van der Waals surface area (Å²) in [5.41, 5.74) is 1.98. The maximum Gasteiger partial charge on any atom is 0.303 e. The molecule has 0 amide bonds. The van der Waals surface area contributed by atoms with E-state index in [1.54, 1.807) is 0 Å². The zero-order chi connectivity index (χ0) is 13.8. The molecule has 0 bridgehead atoms. The van der Waals surface area contributed by atoms with Crippen LogP contribution in [0.25, 0.3) is 0 Å². The number of carbonyl (C=O) groups is 1. The number of para-hydroxylation sites is 1. The highest BCUT2D eigenvalue weighted by molar-refractivity contribution is 5.68. The minimum absolute atomic E-state index is 0.0684. The molecule has 1 fully saturated rings. The summed E-state index contributed by atoms with van der Waals surface area (Å²) in [7, 11) is 0. The van der Waals surface area contributed by atoms with Crippen molar-refractivity contribution >= 4 is 5.97 Å². The van der Waals surface area contributed by atoms with E-state index < -0.39 is 5.97 Å². The molecule has 1 aliphatic rings. The van der Waals surface area contributed by atoms with Crippen LogP contribution in [-0.2, 0) is 4.79 Å². The van der Waals surface area contributed by atoms with Gasteiger partial charge in [-0.05, 0) is 42.9 Å². The van der Waals surface area contributed by atoms with E-state index in [-0.39, 0.29) is 12.3 Å². The molecule has 102 valence electrons. The van der Waals surface area contributed by atoms with Crippen LogP contribution in [0, 0.1) is 5.92 Å². The lowest BCUT2D eigenvalue weighted by molar-refractivity contribution is -0.137. The molecule has 2 rings (SSSR count). The summed E-state index contributed by atoms with van der Waals surface area (Å²) in [6.45, 7) is 6.21. The molecule has 0 aromatic heterocycles. The van der Waals surface area contributed by atoms with Crippen LogP contribution in [0.5, 0.6) is 5.75 Å². The smallest absolute Gasteiger partial charge is 0.303 e. The van der Waals surface area contributed by atoms with E-state index in [1.165, 1.54) is 0 Å². The minimum Gasteiger partial charge on any atom is -0.489 e. The first-order chi connectivity index (χ1) is 9.08. The molecule has 0 radical (unpaired) electrons. The highest BCUT2D eigenvalue weighted by atomic mass is 16.5. The summed E-state index contributed by atoms with van der Waals surface area (Å²) in [5, 5.41) is 9.08. The van der Waals surface area contributed by atoms with E-state index in [0.717, 1.165) is 29.7 Å². The molecular formula is C16H20O3. The lowest BCUT2D eigenvalue weighted by Crippen LogP contribution is -2.10. The highest BCUT2D eigenvalue weighted by Crippen LogP contribution is 2.46. The summed E-state index contributed by atoms with van der Waals surface area (Å²) in [6.07, 6.45) is 2.41. The number of hydrogen-bond donors (Lipinski definition) is 1. The number of aliphatic carboxylic acids is 1. The van der Waals surface area contributed by atoms with Crippen molar-refractivity contribution in [2.24, 2.45) is 5.92 Å². The van der Waals surface area contributed by atoms with Crippen molar-refractivity contribution in [3.05, 3.63) is 42.0 Å². The van der Waals surface area contributed by atoms with Crippen molar-refractivity contribution in [1.29, 1.82) is 0 Å². The Morgan fingerprint density at radius 1 is 1.47 bits per heavy atom. The van der Waals surface area contributed by atoms with Gasteiger partial charge in [-0.3, -0.25) is 4.79 Å². The zero-order valence-electron chi connectivity index (χ0n) is 11.3. The van der Waals surface area contributed by atoms with Crippen LogP contribution in [0.4, 0.5) is 0 Å². The van der Waals surface area contributed by atoms with Gasteiger partial charge in [0, 0.05) is 5.92 Å². The van der Waals surface area contributed by atoms with Gasteiger partial charge in [-0.25, -0.2) is 0 Å². The van der Waals surface area contributed by atoms with E-state index in [4.69, 9.17) is 9.84 Å².